The SMILES string of the molecule is FC(F)CN1CCC(c2nc(C3CCCc4ccccc43)no2)CC1. The lowest BCUT2D eigenvalue weighted by Crippen LogP contribution is -2.36. The number of rotatable bonds is 4. The van der Waals surface area contributed by atoms with Crippen molar-refractivity contribution < 1.29 is 13.3 Å². The smallest absolute Gasteiger partial charge is 0.251 e. The molecule has 1 aliphatic carbocycles. The molecule has 6 heteroatoms. The van der Waals surface area contributed by atoms with E-state index >= 15 is 0 Å². The summed E-state index contributed by atoms with van der Waals surface area (Å²) in [5.74, 6) is 1.85. The molecule has 134 valence electrons. The third-order valence-electron chi connectivity index (χ3n) is 5.47. The Bertz CT molecular complexity index is 710. The standard InChI is InChI=1S/C19H23F2N3O/c20-17(21)12-24-10-8-14(9-11-24)19-22-18(23-25-19)16-7-3-5-13-4-1-2-6-15(13)16/h1-2,4,6,14,16-17H,3,5,7-12H2. The van der Waals surface area contributed by atoms with E-state index in [2.05, 4.69) is 29.4 Å². The molecule has 0 radical (unpaired) electrons. The Hall–Kier alpha value is -1.82. The number of fused-ring (bicyclic) bond motifs is 1. The number of halogens is 2. The van der Waals surface area contributed by atoms with Crippen molar-refractivity contribution in [3.63, 3.8) is 0 Å². The molecule has 0 spiro atoms. The van der Waals surface area contributed by atoms with Crippen LogP contribution in [-0.2, 0) is 6.42 Å². The van der Waals surface area contributed by atoms with Crippen LogP contribution in [0.1, 0.15) is 60.4 Å². The van der Waals surface area contributed by atoms with Crippen molar-refractivity contribution >= 4 is 0 Å². The highest BCUT2D eigenvalue weighted by Gasteiger charge is 2.29. The molecule has 4 nitrogen and oxygen atoms in total. The van der Waals surface area contributed by atoms with E-state index in [9.17, 15) is 8.78 Å². The van der Waals surface area contributed by atoms with Crippen LogP contribution in [0.25, 0.3) is 0 Å². The Labute approximate surface area is 146 Å². The van der Waals surface area contributed by atoms with Gasteiger partial charge in [0.25, 0.3) is 6.43 Å². The second-order valence-electron chi connectivity index (χ2n) is 7.10. The van der Waals surface area contributed by atoms with Crippen molar-refractivity contribution in [2.24, 2.45) is 0 Å². The van der Waals surface area contributed by atoms with Gasteiger partial charge in [0.05, 0.1) is 6.54 Å². The first-order valence-electron chi connectivity index (χ1n) is 9.12. The summed E-state index contributed by atoms with van der Waals surface area (Å²) in [4.78, 5) is 6.51. The van der Waals surface area contributed by atoms with Gasteiger partial charge in [-0.3, -0.25) is 4.90 Å². The lowest BCUT2D eigenvalue weighted by atomic mass is 9.82. The fourth-order valence-corrected chi connectivity index (χ4v) is 4.13. The summed E-state index contributed by atoms with van der Waals surface area (Å²) in [6, 6.07) is 8.49. The number of alkyl halides is 2. The molecule has 4 rings (SSSR count). The highest BCUT2D eigenvalue weighted by molar-refractivity contribution is 5.36. The van der Waals surface area contributed by atoms with E-state index in [0.717, 1.165) is 37.9 Å². The van der Waals surface area contributed by atoms with Crippen molar-refractivity contribution in [1.29, 1.82) is 0 Å². The Morgan fingerprint density at radius 2 is 1.96 bits per heavy atom. The van der Waals surface area contributed by atoms with Gasteiger partial charge in [-0.1, -0.05) is 29.4 Å². The normalized spacial score (nSPS) is 22.3. The summed E-state index contributed by atoms with van der Waals surface area (Å²) in [5, 5.41) is 4.26. The van der Waals surface area contributed by atoms with E-state index in [1.165, 1.54) is 11.1 Å². The molecule has 2 aromatic rings. The fourth-order valence-electron chi connectivity index (χ4n) is 4.13. The Kier molecular flexibility index (Phi) is 4.79. The number of piperidine rings is 1. The van der Waals surface area contributed by atoms with Crippen molar-refractivity contribution in [3.05, 3.63) is 47.1 Å². The number of hydrogen-bond acceptors (Lipinski definition) is 4. The minimum Gasteiger partial charge on any atom is -0.339 e. The summed E-state index contributed by atoms with van der Waals surface area (Å²) < 4.78 is 30.5. The van der Waals surface area contributed by atoms with Gasteiger partial charge in [-0.15, -0.1) is 0 Å². The zero-order valence-corrected chi connectivity index (χ0v) is 14.2. The molecule has 1 fully saturated rings. The lowest BCUT2D eigenvalue weighted by Gasteiger charge is -2.29. The molecule has 2 heterocycles. The minimum absolute atomic E-state index is 0.138. The van der Waals surface area contributed by atoms with E-state index in [1.54, 1.807) is 0 Å². The summed E-state index contributed by atoms with van der Waals surface area (Å²) in [6.07, 6.45) is 2.63. The van der Waals surface area contributed by atoms with Crippen molar-refractivity contribution in [2.45, 2.75) is 50.4 Å². The van der Waals surface area contributed by atoms with Crippen LogP contribution in [0.3, 0.4) is 0 Å². The molecule has 0 bridgehead atoms. The van der Waals surface area contributed by atoms with Gasteiger partial charge >= 0.3 is 0 Å². The summed E-state index contributed by atoms with van der Waals surface area (Å²) >= 11 is 0. The second kappa shape index (κ2) is 7.20. The van der Waals surface area contributed by atoms with Crippen LogP contribution in [0.15, 0.2) is 28.8 Å². The molecule has 1 aliphatic heterocycles. The largest absolute Gasteiger partial charge is 0.339 e. The maximum Gasteiger partial charge on any atom is 0.251 e. The zero-order valence-electron chi connectivity index (χ0n) is 14.2. The van der Waals surface area contributed by atoms with Gasteiger partial charge < -0.3 is 4.52 Å². The highest BCUT2D eigenvalue weighted by Crippen LogP contribution is 2.36. The monoisotopic (exact) mass is 347 g/mol. The van der Waals surface area contributed by atoms with Crippen LogP contribution in [0.5, 0.6) is 0 Å². The van der Waals surface area contributed by atoms with Crippen molar-refractivity contribution in [2.75, 3.05) is 19.6 Å². The first-order chi connectivity index (χ1) is 12.2. The molecule has 1 unspecified atom stereocenters. The molecule has 0 saturated carbocycles. The number of nitrogens with zero attached hydrogens (tertiary/aromatic N) is 3. The first kappa shape index (κ1) is 16.6. The predicted octanol–water partition coefficient (Wildman–Crippen LogP) is 3.98. The van der Waals surface area contributed by atoms with Gasteiger partial charge in [0, 0.05) is 11.8 Å². The van der Waals surface area contributed by atoms with E-state index in [-0.39, 0.29) is 18.4 Å². The van der Waals surface area contributed by atoms with E-state index in [4.69, 9.17) is 9.51 Å². The number of aryl methyl sites for hydroxylation is 1. The van der Waals surface area contributed by atoms with Gasteiger partial charge in [-0.05, 0) is 56.3 Å². The van der Waals surface area contributed by atoms with E-state index in [1.807, 2.05) is 4.90 Å². The van der Waals surface area contributed by atoms with Gasteiger partial charge in [-0.2, -0.15) is 4.98 Å². The Balaban J connectivity index is 1.45. The molecule has 0 N–H and O–H groups in total. The Morgan fingerprint density at radius 3 is 2.76 bits per heavy atom. The van der Waals surface area contributed by atoms with Crippen LogP contribution in [0.4, 0.5) is 8.78 Å². The maximum atomic E-state index is 12.5. The third-order valence-corrected chi connectivity index (χ3v) is 5.47. The summed E-state index contributed by atoms with van der Waals surface area (Å²) in [7, 11) is 0. The lowest BCUT2D eigenvalue weighted by molar-refractivity contribution is 0.0731. The van der Waals surface area contributed by atoms with E-state index < -0.39 is 6.43 Å². The quantitative estimate of drug-likeness (QED) is 0.839. The van der Waals surface area contributed by atoms with Crippen LogP contribution in [0, 0.1) is 0 Å². The molecule has 0 amide bonds. The van der Waals surface area contributed by atoms with Crippen LogP contribution >= 0.6 is 0 Å². The maximum absolute atomic E-state index is 12.5. The number of likely N-dealkylation sites (tertiary alicyclic amines) is 1. The van der Waals surface area contributed by atoms with Gasteiger partial charge in [0.15, 0.2) is 5.82 Å². The van der Waals surface area contributed by atoms with Gasteiger partial charge in [0.2, 0.25) is 5.89 Å². The third kappa shape index (κ3) is 3.59. The molecule has 1 saturated heterocycles. The minimum atomic E-state index is -2.27. The second-order valence-corrected chi connectivity index (χ2v) is 7.10. The average molecular weight is 347 g/mol. The average Bonchev–Trinajstić information content (AvgIpc) is 3.11. The van der Waals surface area contributed by atoms with Gasteiger partial charge in [0.1, 0.15) is 0 Å². The highest BCUT2D eigenvalue weighted by atomic mass is 19.3. The van der Waals surface area contributed by atoms with Crippen LogP contribution in [0.2, 0.25) is 0 Å². The summed E-state index contributed by atoms with van der Waals surface area (Å²) in [6.45, 7) is 1.19. The molecule has 2 aliphatic rings. The van der Waals surface area contributed by atoms with Crippen molar-refractivity contribution in [1.82, 2.24) is 15.0 Å². The molecule has 1 atom stereocenters. The fraction of sp³-hybridized carbons (Fsp3) is 0.579. The van der Waals surface area contributed by atoms with E-state index in [0.29, 0.717) is 19.0 Å². The van der Waals surface area contributed by atoms with Crippen molar-refractivity contribution in [3.8, 4) is 0 Å². The Morgan fingerprint density at radius 1 is 1.16 bits per heavy atom. The number of benzene rings is 1. The molecular weight excluding hydrogens is 324 g/mol. The van der Waals surface area contributed by atoms with Gasteiger partial charge in [-0.25, -0.2) is 8.78 Å². The molecular formula is C19H23F2N3O. The molecule has 25 heavy (non-hydrogen) atoms. The molecule has 1 aromatic carbocycles. The number of hydrogen-bond donors (Lipinski definition) is 0. The van der Waals surface area contributed by atoms with Crippen LogP contribution < -0.4 is 0 Å². The topological polar surface area (TPSA) is 42.2 Å². The number of aromatic nitrogens is 2. The summed E-state index contributed by atoms with van der Waals surface area (Å²) in [5.41, 5.74) is 2.69. The zero-order chi connectivity index (χ0) is 17.2. The van der Waals surface area contributed by atoms with Crippen LogP contribution in [-0.4, -0.2) is 41.1 Å². The first-order valence-corrected chi connectivity index (χ1v) is 9.12. The molecule has 1 aromatic heterocycles. The predicted molar refractivity (Wildman–Crippen MR) is 89.9 cm³/mol.